The van der Waals surface area contributed by atoms with Crippen LogP contribution in [-0.4, -0.2) is 16.6 Å². The minimum Gasteiger partial charge on any atom is -0.337 e. The number of nitrogens with zero attached hydrogens (tertiary/aromatic N) is 2. The highest BCUT2D eigenvalue weighted by Gasteiger charge is 2.19. The summed E-state index contributed by atoms with van der Waals surface area (Å²) in [7, 11) is 0. The van der Waals surface area contributed by atoms with Gasteiger partial charge in [-0.3, -0.25) is 20.1 Å². The highest BCUT2D eigenvalue weighted by atomic mass is 16.1. The van der Waals surface area contributed by atoms with E-state index in [0.717, 1.165) is 17.1 Å². The standard InChI is InChI=1S/C11H16N4O/c1-6(2)15-9(16)5-4-8-7(3)13-11(12)14-10(8)15/h4-6,11,14H,12H2,1-3H3. The van der Waals surface area contributed by atoms with Gasteiger partial charge in [0.2, 0.25) is 0 Å². The molecule has 1 unspecified atom stereocenters. The molecular formula is C11H16N4O. The first-order valence-corrected chi connectivity index (χ1v) is 5.33. The highest BCUT2D eigenvalue weighted by molar-refractivity contribution is 6.04. The Kier molecular flexibility index (Phi) is 2.55. The Morgan fingerprint density at radius 3 is 2.81 bits per heavy atom. The first-order chi connectivity index (χ1) is 7.50. The third kappa shape index (κ3) is 1.63. The predicted octanol–water partition coefficient (Wildman–Crippen LogP) is 0.906. The molecule has 0 aliphatic carbocycles. The van der Waals surface area contributed by atoms with E-state index in [1.165, 1.54) is 0 Å². The molecule has 1 aromatic heterocycles. The van der Waals surface area contributed by atoms with Gasteiger partial charge in [-0.25, -0.2) is 0 Å². The van der Waals surface area contributed by atoms with Crippen molar-refractivity contribution in [1.29, 1.82) is 0 Å². The average molecular weight is 220 g/mol. The molecule has 16 heavy (non-hydrogen) atoms. The molecule has 0 spiro atoms. The highest BCUT2D eigenvalue weighted by Crippen LogP contribution is 2.22. The maximum absolute atomic E-state index is 11.8. The van der Waals surface area contributed by atoms with Gasteiger partial charge in [0.1, 0.15) is 5.82 Å². The molecule has 2 heterocycles. The van der Waals surface area contributed by atoms with Crippen LogP contribution in [0.25, 0.3) is 0 Å². The smallest absolute Gasteiger partial charge is 0.252 e. The van der Waals surface area contributed by atoms with Gasteiger partial charge in [0.25, 0.3) is 5.56 Å². The molecule has 2 rings (SSSR count). The minimum atomic E-state index is -0.473. The van der Waals surface area contributed by atoms with E-state index in [1.54, 1.807) is 16.7 Å². The Balaban J connectivity index is 2.70. The Morgan fingerprint density at radius 2 is 2.19 bits per heavy atom. The molecular weight excluding hydrogens is 204 g/mol. The van der Waals surface area contributed by atoms with E-state index in [4.69, 9.17) is 5.73 Å². The van der Waals surface area contributed by atoms with E-state index in [2.05, 4.69) is 10.3 Å². The maximum Gasteiger partial charge on any atom is 0.252 e. The number of pyridine rings is 1. The van der Waals surface area contributed by atoms with Gasteiger partial charge in [0, 0.05) is 23.4 Å². The van der Waals surface area contributed by atoms with Crippen molar-refractivity contribution in [1.82, 2.24) is 4.57 Å². The van der Waals surface area contributed by atoms with Crippen LogP contribution in [0.2, 0.25) is 0 Å². The number of anilines is 1. The molecule has 86 valence electrons. The van der Waals surface area contributed by atoms with Gasteiger partial charge in [0.05, 0.1) is 0 Å². The molecule has 5 heteroatoms. The van der Waals surface area contributed by atoms with E-state index in [9.17, 15) is 4.79 Å². The summed E-state index contributed by atoms with van der Waals surface area (Å²) in [5.74, 6) is 0.766. The van der Waals surface area contributed by atoms with Gasteiger partial charge in [-0.15, -0.1) is 0 Å². The molecule has 1 atom stereocenters. The van der Waals surface area contributed by atoms with Crippen molar-refractivity contribution < 1.29 is 0 Å². The zero-order chi connectivity index (χ0) is 11.9. The minimum absolute atomic E-state index is 0.0249. The monoisotopic (exact) mass is 220 g/mol. The molecule has 3 N–H and O–H groups in total. The topological polar surface area (TPSA) is 72.4 Å². The third-order valence-corrected chi connectivity index (χ3v) is 2.65. The quantitative estimate of drug-likeness (QED) is 0.738. The number of nitrogens with two attached hydrogens (primary N) is 1. The van der Waals surface area contributed by atoms with E-state index in [0.29, 0.717) is 0 Å². The van der Waals surface area contributed by atoms with Crippen molar-refractivity contribution in [3.05, 3.63) is 28.0 Å². The van der Waals surface area contributed by atoms with Crippen LogP contribution in [0.15, 0.2) is 21.9 Å². The lowest BCUT2D eigenvalue weighted by Crippen LogP contribution is -2.37. The molecule has 1 aromatic rings. The van der Waals surface area contributed by atoms with Crippen molar-refractivity contribution in [3.63, 3.8) is 0 Å². The summed E-state index contributed by atoms with van der Waals surface area (Å²) >= 11 is 0. The first kappa shape index (κ1) is 10.9. The first-order valence-electron chi connectivity index (χ1n) is 5.33. The maximum atomic E-state index is 11.8. The second-order valence-electron chi connectivity index (χ2n) is 4.20. The molecule has 0 aromatic carbocycles. The molecule has 0 bridgehead atoms. The second-order valence-corrected chi connectivity index (χ2v) is 4.20. The molecule has 0 amide bonds. The lowest BCUT2D eigenvalue weighted by atomic mass is 10.1. The predicted molar refractivity (Wildman–Crippen MR) is 64.9 cm³/mol. The van der Waals surface area contributed by atoms with Gasteiger partial charge in [-0.2, -0.15) is 0 Å². The number of hydrogen-bond donors (Lipinski definition) is 2. The fourth-order valence-electron chi connectivity index (χ4n) is 1.96. The Bertz CT molecular complexity index is 501. The Hall–Kier alpha value is -1.62. The summed E-state index contributed by atoms with van der Waals surface area (Å²) in [6, 6.07) is 3.44. The van der Waals surface area contributed by atoms with E-state index < -0.39 is 6.29 Å². The van der Waals surface area contributed by atoms with Crippen molar-refractivity contribution in [2.45, 2.75) is 33.1 Å². The zero-order valence-corrected chi connectivity index (χ0v) is 9.69. The van der Waals surface area contributed by atoms with Gasteiger partial charge < -0.3 is 5.32 Å². The van der Waals surface area contributed by atoms with Gasteiger partial charge in [-0.1, -0.05) is 0 Å². The Morgan fingerprint density at radius 1 is 1.50 bits per heavy atom. The van der Waals surface area contributed by atoms with Crippen LogP contribution >= 0.6 is 0 Å². The summed E-state index contributed by atoms with van der Waals surface area (Å²) in [4.78, 5) is 16.0. The molecule has 0 radical (unpaired) electrons. The number of rotatable bonds is 1. The summed E-state index contributed by atoms with van der Waals surface area (Å²) in [6.45, 7) is 5.83. The van der Waals surface area contributed by atoms with Gasteiger partial charge in [0.15, 0.2) is 6.29 Å². The van der Waals surface area contributed by atoms with Crippen LogP contribution in [0.4, 0.5) is 5.82 Å². The van der Waals surface area contributed by atoms with Crippen molar-refractivity contribution in [2.75, 3.05) is 5.32 Å². The summed E-state index contributed by atoms with van der Waals surface area (Å²) in [6.07, 6.45) is -0.473. The normalized spacial score (nSPS) is 19.1. The van der Waals surface area contributed by atoms with E-state index in [-0.39, 0.29) is 11.6 Å². The molecule has 0 saturated heterocycles. The Labute approximate surface area is 94.0 Å². The molecule has 1 aliphatic heterocycles. The van der Waals surface area contributed by atoms with Gasteiger partial charge >= 0.3 is 0 Å². The number of nitrogens with one attached hydrogen (secondary N) is 1. The summed E-state index contributed by atoms with van der Waals surface area (Å²) in [5.41, 5.74) is 7.52. The lowest BCUT2D eigenvalue weighted by Gasteiger charge is -2.26. The number of fused-ring (bicyclic) bond motifs is 1. The van der Waals surface area contributed by atoms with Crippen LogP contribution in [-0.2, 0) is 0 Å². The largest absolute Gasteiger partial charge is 0.337 e. The van der Waals surface area contributed by atoms with Crippen molar-refractivity contribution >= 4 is 11.5 Å². The SMILES string of the molecule is CC1=NC(N)Nc2c1ccc(=O)n2C(C)C. The van der Waals surface area contributed by atoms with Crippen molar-refractivity contribution in [2.24, 2.45) is 10.7 Å². The van der Waals surface area contributed by atoms with Crippen molar-refractivity contribution in [3.8, 4) is 0 Å². The van der Waals surface area contributed by atoms with E-state index >= 15 is 0 Å². The van der Waals surface area contributed by atoms with Gasteiger partial charge in [-0.05, 0) is 26.8 Å². The average Bonchev–Trinajstić information content (AvgIpc) is 2.15. The van der Waals surface area contributed by atoms with Crippen LogP contribution in [0.1, 0.15) is 32.4 Å². The fourth-order valence-corrected chi connectivity index (χ4v) is 1.96. The van der Waals surface area contributed by atoms with E-state index in [1.807, 2.05) is 20.8 Å². The second kappa shape index (κ2) is 3.75. The number of aromatic nitrogens is 1. The fraction of sp³-hybridized carbons (Fsp3) is 0.455. The van der Waals surface area contributed by atoms with Crippen LogP contribution in [0, 0.1) is 0 Å². The van der Waals surface area contributed by atoms with Crippen LogP contribution in [0.5, 0.6) is 0 Å². The van der Waals surface area contributed by atoms with Crippen LogP contribution < -0.4 is 16.6 Å². The molecule has 5 nitrogen and oxygen atoms in total. The summed E-state index contributed by atoms with van der Waals surface area (Å²) < 4.78 is 1.70. The number of aliphatic imine (C=N–C) groups is 1. The van der Waals surface area contributed by atoms with Crippen LogP contribution in [0.3, 0.4) is 0 Å². The molecule has 0 fully saturated rings. The third-order valence-electron chi connectivity index (χ3n) is 2.65. The summed E-state index contributed by atoms with van der Waals surface area (Å²) in [5, 5.41) is 3.03. The molecule has 1 aliphatic rings. The molecule has 0 saturated carbocycles. The lowest BCUT2D eigenvalue weighted by molar-refractivity contribution is 0.576. The number of hydrogen-bond acceptors (Lipinski definition) is 4. The zero-order valence-electron chi connectivity index (χ0n) is 9.69.